The van der Waals surface area contributed by atoms with Crippen LogP contribution in [0.2, 0.25) is 0 Å². The second-order valence-electron chi connectivity index (χ2n) is 8.13. The minimum Gasteiger partial charge on any atom is -0.369 e. The average molecular weight is 372 g/mol. The molecular weight excluding hydrogens is 348 g/mol. The van der Waals surface area contributed by atoms with Crippen LogP contribution in [0.15, 0.2) is 18.3 Å². The first-order chi connectivity index (χ1) is 13.7. The Morgan fingerprint density at radius 1 is 1.14 bits per heavy atom. The molecule has 0 spiro atoms. The first kappa shape index (κ1) is 17.2. The molecule has 28 heavy (non-hydrogen) atoms. The molecule has 1 saturated heterocycles. The van der Waals surface area contributed by atoms with E-state index in [1.54, 1.807) is 6.20 Å². The summed E-state index contributed by atoms with van der Waals surface area (Å²) in [6, 6.07) is 6.70. The Morgan fingerprint density at radius 3 is 2.89 bits per heavy atom. The monoisotopic (exact) mass is 372 g/mol. The number of piperidine rings is 1. The Labute approximate surface area is 164 Å². The number of benzene rings is 1. The van der Waals surface area contributed by atoms with Gasteiger partial charge in [-0.1, -0.05) is 11.6 Å². The number of nitriles is 1. The lowest BCUT2D eigenvalue weighted by Crippen LogP contribution is -2.36. The maximum atomic E-state index is 9.78. The van der Waals surface area contributed by atoms with Crippen molar-refractivity contribution in [3.63, 3.8) is 0 Å². The Bertz CT molecular complexity index is 1110. The van der Waals surface area contributed by atoms with Gasteiger partial charge in [-0.05, 0) is 44.7 Å². The summed E-state index contributed by atoms with van der Waals surface area (Å²) in [5, 5.41) is 19.8. The van der Waals surface area contributed by atoms with E-state index in [9.17, 15) is 5.26 Å². The van der Waals surface area contributed by atoms with Crippen molar-refractivity contribution in [2.75, 3.05) is 18.0 Å². The van der Waals surface area contributed by atoms with Gasteiger partial charge in [0, 0.05) is 43.6 Å². The summed E-state index contributed by atoms with van der Waals surface area (Å²) >= 11 is 0. The van der Waals surface area contributed by atoms with Crippen molar-refractivity contribution in [1.29, 1.82) is 5.26 Å². The molecule has 1 unspecified atom stereocenters. The van der Waals surface area contributed by atoms with E-state index in [-0.39, 0.29) is 0 Å². The summed E-state index contributed by atoms with van der Waals surface area (Å²) in [7, 11) is 0. The average Bonchev–Trinajstić information content (AvgIpc) is 3.30. The van der Waals surface area contributed by atoms with Gasteiger partial charge >= 0.3 is 0 Å². The number of rotatable bonds is 2. The fourth-order valence-electron chi connectivity index (χ4n) is 4.94. The Balaban J connectivity index is 1.58. The van der Waals surface area contributed by atoms with Crippen LogP contribution in [-0.2, 0) is 13.0 Å². The van der Waals surface area contributed by atoms with E-state index in [2.05, 4.69) is 56.7 Å². The lowest BCUT2D eigenvalue weighted by atomic mass is 9.94. The molecular formula is C22H24N6. The van der Waals surface area contributed by atoms with Crippen LogP contribution in [0.25, 0.3) is 10.9 Å². The van der Waals surface area contributed by atoms with Crippen molar-refractivity contribution in [3.8, 4) is 6.07 Å². The second-order valence-corrected chi connectivity index (χ2v) is 8.13. The van der Waals surface area contributed by atoms with Crippen LogP contribution in [0.1, 0.15) is 53.5 Å². The largest absolute Gasteiger partial charge is 0.369 e. The smallest absolute Gasteiger partial charge is 0.137 e. The molecule has 1 fully saturated rings. The van der Waals surface area contributed by atoms with Gasteiger partial charge in [0.1, 0.15) is 17.7 Å². The minimum atomic E-state index is 0.355. The number of hydrogen-bond donors (Lipinski definition) is 0. The maximum absolute atomic E-state index is 9.78. The number of pyridine rings is 1. The van der Waals surface area contributed by atoms with Crippen LogP contribution in [0.3, 0.4) is 0 Å². The molecule has 142 valence electrons. The predicted molar refractivity (Wildman–Crippen MR) is 108 cm³/mol. The molecule has 2 aliphatic rings. The van der Waals surface area contributed by atoms with E-state index in [0.717, 1.165) is 72.7 Å². The molecule has 0 bridgehead atoms. The third kappa shape index (κ3) is 2.65. The summed E-state index contributed by atoms with van der Waals surface area (Å²) in [6.07, 6.45) is 6.15. The molecule has 2 aromatic heterocycles. The van der Waals surface area contributed by atoms with E-state index < -0.39 is 0 Å². The second kappa shape index (κ2) is 6.59. The fraction of sp³-hybridized carbons (Fsp3) is 0.455. The quantitative estimate of drug-likeness (QED) is 0.687. The molecule has 0 radical (unpaired) electrons. The summed E-state index contributed by atoms with van der Waals surface area (Å²) in [5.41, 5.74) is 5.04. The number of nitrogens with zero attached hydrogens (tertiary/aromatic N) is 6. The molecule has 0 amide bonds. The zero-order valence-electron chi connectivity index (χ0n) is 16.4. The Morgan fingerprint density at radius 2 is 2.04 bits per heavy atom. The van der Waals surface area contributed by atoms with Crippen LogP contribution in [0.4, 0.5) is 5.69 Å². The molecule has 4 heterocycles. The SMILES string of the molecule is Cc1cc(C)c2ncc(C#N)c(N3CCCC(c4nnc5n4CCC5)C3)c2c1. The molecule has 6 nitrogen and oxygen atoms in total. The van der Waals surface area contributed by atoms with Gasteiger partial charge in [-0.2, -0.15) is 5.26 Å². The number of hydrogen-bond acceptors (Lipinski definition) is 5. The fourth-order valence-corrected chi connectivity index (χ4v) is 4.94. The summed E-state index contributed by atoms with van der Waals surface area (Å²) < 4.78 is 2.32. The van der Waals surface area contributed by atoms with Gasteiger partial charge in [0.15, 0.2) is 0 Å². The van der Waals surface area contributed by atoms with Gasteiger partial charge in [0.05, 0.1) is 16.8 Å². The highest BCUT2D eigenvalue weighted by atomic mass is 15.3. The zero-order chi connectivity index (χ0) is 19.3. The van der Waals surface area contributed by atoms with Crippen molar-refractivity contribution in [2.24, 2.45) is 0 Å². The van der Waals surface area contributed by atoms with Crippen molar-refractivity contribution >= 4 is 16.6 Å². The maximum Gasteiger partial charge on any atom is 0.137 e. The standard InChI is InChI=1S/C22H24N6/c1-14-9-15(2)20-18(10-14)21(17(11-23)12-24-20)27-7-3-5-16(13-27)22-26-25-19-6-4-8-28(19)22/h9-10,12,16H,3-8,13H2,1-2H3. The molecule has 0 N–H and O–H groups in total. The van der Waals surface area contributed by atoms with Gasteiger partial charge in [-0.25, -0.2) is 0 Å². The number of aromatic nitrogens is 4. The van der Waals surface area contributed by atoms with E-state index in [1.165, 1.54) is 12.0 Å². The van der Waals surface area contributed by atoms with Crippen molar-refractivity contribution in [2.45, 2.75) is 52.0 Å². The summed E-state index contributed by atoms with van der Waals surface area (Å²) in [6.45, 7) is 7.07. The van der Waals surface area contributed by atoms with Gasteiger partial charge in [0.2, 0.25) is 0 Å². The third-order valence-electron chi connectivity index (χ3n) is 6.14. The van der Waals surface area contributed by atoms with Crippen molar-refractivity contribution in [1.82, 2.24) is 19.7 Å². The van der Waals surface area contributed by atoms with Crippen molar-refractivity contribution < 1.29 is 0 Å². The number of fused-ring (bicyclic) bond motifs is 2. The molecule has 0 aliphatic carbocycles. The lowest BCUT2D eigenvalue weighted by Gasteiger charge is -2.35. The van der Waals surface area contributed by atoms with E-state index >= 15 is 0 Å². The third-order valence-corrected chi connectivity index (χ3v) is 6.14. The minimum absolute atomic E-state index is 0.355. The lowest BCUT2D eigenvalue weighted by molar-refractivity contribution is 0.473. The van der Waals surface area contributed by atoms with E-state index in [0.29, 0.717) is 11.5 Å². The van der Waals surface area contributed by atoms with Gasteiger partial charge in [-0.15, -0.1) is 10.2 Å². The molecule has 1 atom stereocenters. The van der Waals surface area contributed by atoms with Crippen LogP contribution < -0.4 is 4.90 Å². The van der Waals surface area contributed by atoms with Crippen LogP contribution in [-0.4, -0.2) is 32.8 Å². The van der Waals surface area contributed by atoms with Crippen molar-refractivity contribution in [3.05, 3.63) is 46.7 Å². The van der Waals surface area contributed by atoms with Crippen LogP contribution in [0.5, 0.6) is 0 Å². The Kier molecular flexibility index (Phi) is 4.04. The van der Waals surface area contributed by atoms with Crippen LogP contribution >= 0.6 is 0 Å². The van der Waals surface area contributed by atoms with Gasteiger partial charge in [-0.3, -0.25) is 4.98 Å². The molecule has 5 rings (SSSR count). The molecule has 0 saturated carbocycles. The highest BCUT2D eigenvalue weighted by molar-refractivity contribution is 5.96. The summed E-state index contributed by atoms with van der Waals surface area (Å²) in [5.74, 6) is 2.61. The highest BCUT2D eigenvalue weighted by Crippen LogP contribution is 2.36. The van der Waals surface area contributed by atoms with Gasteiger partial charge < -0.3 is 9.47 Å². The van der Waals surface area contributed by atoms with E-state index in [1.807, 2.05) is 0 Å². The number of aryl methyl sites for hydroxylation is 3. The molecule has 1 aromatic carbocycles. The summed E-state index contributed by atoms with van der Waals surface area (Å²) in [4.78, 5) is 6.97. The number of anilines is 1. The Hall–Kier alpha value is -2.94. The van der Waals surface area contributed by atoms with Gasteiger partial charge in [0.25, 0.3) is 0 Å². The molecule has 2 aliphatic heterocycles. The topological polar surface area (TPSA) is 70.6 Å². The van der Waals surface area contributed by atoms with Crippen LogP contribution in [0, 0.1) is 25.2 Å². The molecule has 6 heteroatoms. The first-order valence-electron chi connectivity index (χ1n) is 10.1. The normalized spacial score (nSPS) is 19.0. The predicted octanol–water partition coefficient (Wildman–Crippen LogP) is 3.65. The zero-order valence-corrected chi connectivity index (χ0v) is 16.4. The van der Waals surface area contributed by atoms with E-state index in [4.69, 9.17) is 0 Å². The first-order valence-corrected chi connectivity index (χ1v) is 10.1. The molecule has 3 aromatic rings. The highest BCUT2D eigenvalue weighted by Gasteiger charge is 2.30.